The number of rotatable bonds is 10. The Morgan fingerprint density at radius 2 is 1.62 bits per heavy atom. The second kappa shape index (κ2) is 13.7. The highest BCUT2D eigenvalue weighted by atomic mass is 16.2. The van der Waals surface area contributed by atoms with Crippen LogP contribution in [0.4, 0.5) is 0 Å². The van der Waals surface area contributed by atoms with Gasteiger partial charge in [0.1, 0.15) is 0 Å². The molecule has 0 aliphatic heterocycles. The molecule has 0 bridgehead atoms. The lowest BCUT2D eigenvalue weighted by molar-refractivity contribution is -0.870. The molecular formula is C18H37N4O2+. The molecule has 0 aliphatic rings. The largest absolute Gasteiger partial charge is 0.353 e. The van der Waals surface area contributed by atoms with Crippen molar-refractivity contribution in [2.24, 2.45) is 0 Å². The van der Waals surface area contributed by atoms with Gasteiger partial charge in [-0.2, -0.15) is 0 Å². The minimum Gasteiger partial charge on any atom is -0.353 e. The number of hydrogen-bond donors (Lipinski definition) is 2. The summed E-state index contributed by atoms with van der Waals surface area (Å²) < 4.78 is 0.933. The van der Waals surface area contributed by atoms with Gasteiger partial charge < -0.3 is 20.0 Å². The molecule has 140 valence electrons. The minimum absolute atomic E-state index is 0.0404. The normalized spacial score (nSPS) is 10.5. The predicted octanol–water partition coefficient (Wildman–Crippen LogP) is 1.02. The SMILES string of the molecule is C=C(C)C(=O)NCCC[N+](C)(C)C.C=CC(=O)NCCCN(C)C. The molecule has 6 heteroatoms. The van der Waals surface area contributed by atoms with Crippen molar-refractivity contribution >= 4 is 11.8 Å². The highest BCUT2D eigenvalue weighted by molar-refractivity contribution is 5.92. The van der Waals surface area contributed by atoms with Crippen molar-refractivity contribution in [3.05, 3.63) is 24.8 Å². The summed E-state index contributed by atoms with van der Waals surface area (Å²) in [4.78, 5) is 23.7. The van der Waals surface area contributed by atoms with E-state index in [2.05, 4.69) is 49.8 Å². The highest BCUT2D eigenvalue weighted by Gasteiger charge is 2.06. The van der Waals surface area contributed by atoms with E-state index in [1.807, 2.05) is 14.1 Å². The first-order chi connectivity index (χ1) is 11.0. The van der Waals surface area contributed by atoms with Crippen LogP contribution in [-0.2, 0) is 9.59 Å². The van der Waals surface area contributed by atoms with Crippen molar-refractivity contribution in [3.8, 4) is 0 Å². The van der Waals surface area contributed by atoms with Gasteiger partial charge in [-0.3, -0.25) is 9.59 Å². The Morgan fingerprint density at radius 1 is 1.08 bits per heavy atom. The summed E-state index contributed by atoms with van der Waals surface area (Å²) in [6, 6.07) is 0. The van der Waals surface area contributed by atoms with Crippen LogP contribution in [-0.4, -0.2) is 82.6 Å². The summed E-state index contributed by atoms with van der Waals surface area (Å²) in [5, 5.41) is 5.51. The Morgan fingerprint density at radius 3 is 2.04 bits per heavy atom. The van der Waals surface area contributed by atoms with Crippen molar-refractivity contribution in [3.63, 3.8) is 0 Å². The van der Waals surface area contributed by atoms with Gasteiger partial charge in [-0.25, -0.2) is 0 Å². The van der Waals surface area contributed by atoms with Gasteiger partial charge in [0.15, 0.2) is 0 Å². The van der Waals surface area contributed by atoms with Gasteiger partial charge in [0.25, 0.3) is 0 Å². The summed E-state index contributed by atoms with van der Waals surface area (Å²) in [5.74, 6) is -0.134. The smallest absolute Gasteiger partial charge is 0.246 e. The Bertz CT molecular complexity index is 398. The van der Waals surface area contributed by atoms with E-state index < -0.39 is 0 Å². The van der Waals surface area contributed by atoms with Crippen LogP contribution in [0.1, 0.15) is 19.8 Å². The molecule has 0 aromatic heterocycles. The van der Waals surface area contributed by atoms with Crippen molar-refractivity contribution in [1.29, 1.82) is 0 Å². The Hall–Kier alpha value is -1.66. The van der Waals surface area contributed by atoms with Crippen LogP contribution < -0.4 is 10.6 Å². The Balaban J connectivity index is 0. The quantitative estimate of drug-likeness (QED) is 0.354. The number of carbonyl (C=O) groups is 2. The number of quaternary nitrogens is 1. The molecule has 0 aliphatic carbocycles. The highest BCUT2D eigenvalue weighted by Crippen LogP contribution is 1.92. The number of hydrogen-bond acceptors (Lipinski definition) is 3. The average Bonchev–Trinajstić information content (AvgIpc) is 2.47. The lowest BCUT2D eigenvalue weighted by atomic mass is 10.3. The zero-order valence-corrected chi connectivity index (χ0v) is 16.4. The summed E-state index contributed by atoms with van der Waals surface area (Å²) in [7, 11) is 10.4. The molecule has 2 amide bonds. The van der Waals surface area contributed by atoms with E-state index in [-0.39, 0.29) is 11.8 Å². The van der Waals surface area contributed by atoms with Gasteiger partial charge in [0, 0.05) is 25.1 Å². The zero-order chi connectivity index (χ0) is 19.2. The Kier molecular flexibility index (Phi) is 14.1. The van der Waals surface area contributed by atoms with E-state index in [4.69, 9.17) is 0 Å². The van der Waals surface area contributed by atoms with Crippen molar-refractivity contribution in [2.45, 2.75) is 19.8 Å². The van der Waals surface area contributed by atoms with Crippen molar-refractivity contribution in [1.82, 2.24) is 15.5 Å². The van der Waals surface area contributed by atoms with E-state index >= 15 is 0 Å². The van der Waals surface area contributed by atoms with Gasteiger partial charge in [0.2, 0.25) is 11.8 Å². The molecule has 2 N–H and O–H groups in total. The first kappa shape index (κ1) is 24.6. The fourth-order valence-electron chi connectivity index (χ4n) is 1.59. The lowest BCUT2D eigenvalue weighted by Gasteiger charge is -2.23. The third-order valence-corrected chi connectivity index (χ3v) is 2.95. The second-order valence-corrected chi connectivity index (χ2v) is 7.06. The first-order valence-corrected chi connectivity index (χ1v) is 8.28. The topological polar surface area (TPSA) is 61.4 Å². The van der Waals surface area contributed by atoms with E-state index in [0.29, 0.717) is 5.57 Å². The molecule has 0 atom stereocenters. The van der Waals surface area contributed by atoms with Crippen LogP contribution in [0.2, 0.25) is 0 Å². The summed E-state index contributed by atoms with van der Waals surface area (Å²) >= 11 is 0. The van der Waals surface area contributed by atoms with Crippen molar-refractivity contribution < 1.29 is 14.1 Å². The molecule has 0 heterocycles. The molecule has 24 heavy (non-hydrogen) atoms. The second-order valence-electron chi connectivity index (χ2n) is 7.06. The standard InChI is InChI=1S/C10H20N2O.C8H16N2O/c1-9(2)10(13)11-7-6-8-12(3,4)5;1-4-8(11)9-6-5-7-10(2)3/h1,6-8H2,2-5H3;4H,1,5-7H2,2-3H3,(H,9,11)/p+1. The van der Waals surface area contributed by atoms with Crippen LogP contribution in [0.3, 0.4) is 0 Å². The van der Waals surface area contributed by atoms with E-state index in [9.17, 15) is 9.59 Å². The molecular weight excluding hydrogens is 304 g/mol. The molecule has 0 saturated carbocycles. The molecule has 0 aromatic rings. The molecule has 0 aromatic carbocycles. The fraction of sp³-hybridized carbons (Fsp3) is 0.667. The van der Waals surface area contributed by atoms with Crippen LogP contribution >= 0.6 is 0 Å². The van der Waals surface area contributed by atoms with Gasteiger partial charge >= 0.3 is 0 Å². The predicted molar refractivity (Wildman–Crippen MR) is 102 cm³/mol. The van der Waals surface area contributed by atoms with E-state index in [1.54, 1.807) is 6.92 Å². The fourth-order valence-corrected chi connectivity index (χ4v) is 1.59. The summed E-state index contributed by atoms with van der Waals surface area (Å²) in [6.45, 7) is 12.2. The molecule has 6 nitrogen and oxygen atoms in total. The van der Waals surface area contributed by atoms with E-state index in [0.717, 1.165) is 43.5 Å². The third-order valence-electron chi connectivity index (χ3n) is 2.95. The maximum Gasteiger partial charge on any atom is 0.246 e. The van der Waals surface area contributed by atoms with Crippen LogP contribution in [0, 0.1) is 0 Å². The minimum atomic E-state index is -0.0937. The molecule has 0 saturated heterocycles. The molecule has 0 rings (SSSR count). The number of carbonyl (C=O) groups excluding carboxylic acids is 2. The van der Waals surface area contributed by atoms with Gasteiger partial charge in [0.05, 0.1) is 27.7 Å². The van der Waals surface area contributed by atoms with Gasteiger partial charge in [-0.1, -0.05) is 13.2 Å². The van der Waals surface area contributed by atoms with Gasteiger partial charge in [-0.15, -0.1) is 0 Å². The Labute approximate surface area is 148 Å². The van der Waals surface area contributed by atoms with Crippen LogP contribution in [0.25, 0.3) is 0 Å². The van der Waals surface area contributed by atoms with Gasteiger partial charge in [-0.05, 0) is 40.1 Å². The zero-order valence-electron chi connectivity index (χ0n) is 16.4. The maximum atomic E-state index is 11.1. The third kappa shape index (κ3) is 20.3. The monoisotopic (exact) mass is 341 g/mol. The first-order valence-electron chi connectivity index (χ1n) is 8.28. The number of nitrogens with zero attached hydrogens (tertiary/aromatic N) is 2. The lowest BCUT2D eigenvalue weighted by Crippen LogP contribution is -2.37. The molecule has 0 spiro atoms. The summed E-state index contributed by atoms with van der Waals surface area (Å²) in [6.07, 6.45) is 3.27. The summed E-state index contributed by atoms with van der Waals surface area (Å²) in [5.41, 5.74) is 0.574. The van der Waals surface area contributed by atoms with Crippen molar-refractivity contribution in [2.75, 3.05) is 61.4 Å². The van der Waals surface area contributed by atoms with E-state index in [1.165, 1.54) is 6.08 Å². The van der Waals surface area contributed by atoms with Crippen LogP contribution in [0.15, 0.2) is 24.8 Å². The molecule has 0 fully saturated rings. The number of amides is 2. The molecule has 0 unspecified atom stereocenters. The maximum absolute atomic E-state index is 11.1. The van der Waals surface area contributed by atoms with Crippen LogP contribution in [0.5, 0.6) is 0 Å². The average molecular weight is 342 g/mol. The molecule has 0 radical (unpaired) electrons. The number of nitrogens with one attached hydrogen (secondary N) is 2.